The third-order valence-electron chi connectivity index (χ3n) is 3.75. The first-order valence-corrected chi connectivity index (χ1v) is 9.02. The van der Waals surface area contributed by atoms with Crippen LogP contribution in [0.25, 0.3) is 0 Å². The van der Waals surface area contributed by atoms with Gasteiger partial charge in [-0.3, -0.25) is 4.79 Å². The molecule has 0 spiro atoms. The standard InChI is InChI=1S/C18H35NO5/c1-5-6-7-8-10-15(20)11-9-12-18(23)24-16(13-17(21)22)14-19(2,3)4/h15-16,20H,5-14H2,1-4H3. The molecule has 0 rings (SSSR count). The van der Waals surface area contributed by atoms with Gasteiger partial charge in [-0.05, 0) is 19.3 Å². The van der Waals surface area contributed by atoms with Crippen molar-refractivity contribution in [3.8, 4) is 0 Å². The molecule has 0 aliphatic heterocycles. The Bertz CT molecular complexity index is 365. The summed E-state index contributed by atoms with van der Waals surface area (Å²) in [7, 11) is 5.72. The van der Waals surface area contributed by atoms with Gasteiger partial charge in [0.15, 0.2) is 6.10 Å². The van der Waals surface area contributed by atoms with Gasteiger partial charge >= 0.3 is 5.97 Å². The molecule has 0 aliphatic carbocycles. The summed E-state index contributed by atoms with van der Waals surface area (Å²) in [5.74, 6) is -1.63. The number of carbonyl (C=O) groups excluding carboxylic acids is 2. The molecule has 142 valence electrons. The number of carbonyl (C=O) groups is 2. The molecular formula is C18H35NO5. The number of carboxylic acid groups (broad SMARTS) is 1. The van der Waals surface area contributed by atoms with Crippen molar-refractivity contribution in [2.45, 2.75) is 76.9 Å². The van der Waals surface area contributed by atoms with E-state index in [1.165, 1.54) is 12.8 Å². The second-order valence-electron chi connectivity index (χ2n) is 7.56. The van der Waals surface area contributed by atoms with Gasteiger partial charge in [0, 0.05) is 18.8 Å². The van der Waals surface area contributed by atoms with Gasteiger partial charge in [0.25, 0.3) is 0 Å². The fourth-order valence-corrected chi connectivity index (χ4v) is 2.62. The van der Waals surface area contributed by atoms with E-state index in [1.807, 2.05) is 21.1 Å². The van der Waals surface area contributed by atoms with E-state index in [4.69, 9.17) is 4.74 Å². The van der Waals surface area contributed by atoms with Crippen LogP contribution in [0.5, 0.6) is 0 Å². The minimum absolute atomic E-state index is 0.201. The summed E-state index contributed by atoms with van der Waals surface area (Å²) in [6.45, 7) is 2.56. The predicted molar refractivity (Wildman–Crippen MR) is 91.0 cm³/mol. The lowest BCUT2D eigenvalue weighted by Crippen LogP contribution is -2.45. The molecular weight excluding hydrogens is 310 g/mol. The SMILES string of the molecule is CCCCCCC(O)CCCC(=O)OC(CC(=O)[O-])C[N+](C)(C)C. The van der Waals surface area contributed by atoms with Gasteiger partial charge in [-0.25, -0.2) is 0 Å². The van der Waals surface area contributed by atoms with Gasteiger partial charge in [0.1, 0.15) is 6.54 Å². The van der Waals surface area contributed by atoms with E-state index in [2.05, 4.69) is 6.92 Å². The summed E-state index contributed by atoms with van der Waals surface area (Å²) in [6.07, 6.45) is 5.24. The van der Waals surface area contributed by atoms with Gasteiger partial charge in [-0.1, -0.05) is 32.6 Å². The van der Waals surface area contributed by atoms with Crippen molar-refractivity contribution in [3.63, 3.8) is 0 Å². The summed E-state index contributed by atoms with van der Waals surface area (Å²) in [4.78, 5) is 22.7. The van der Waals surface area contributed by atoms with Gasteiger partial charge in [-0.2, -0.15) is 0 Å². The topological polar surface area (TPSA) is 86.7 Å². The Balaban J connectivity index is 4.04. The van der Waals surface area contributed by atoms with E-state index < -0.39 is 18.0 Å². The lowest BCUT2D eigenvalue weighted by molar-refractivity contribution is -0.873. The molecule has 0 radical (unpaired) electrons. The molecule has 0 aromatic rings. The zero-order chi connectivity index (χ0) is 18.6. The van der Waals surface area contributed by atoms with E-state index in [0.717, 1.165) is 19.3 Å². The molecule has 0 aromatic heterocycles. The molecule has 6 heteroatoms. The number of aliphatic carboxylic acids is 1. The number of rotatable bonds is 14. The molecule has 0 fully saturated rings. The van der Waals surface area contributed by atoms with Crippen LogP contribution in [0.2, 0.25) is 0 Å². The molecule has 0 heterocycles. The van der Waals surface area contributed by atoms with Crippen LogP contribution >= 0.6 is 0 Å². The second-order valence-corrected chi connectivity index (χ2v) is 7.56. The van der Waals surface area contributed by atoms with Crippen LogP contribution in [0.4, 0.5) is 0 Å². The highest BCUT2D eigenvalue weighted by molar-refractivity contribution is 5.70. The Morgan fingerprint density at radius 1 is 1.08 bits per heavy atom. The van der Waals surface area contributed by atoms with Crippen LogP contribution in [-0.4, -0.2) is 61.4 Å². The molecule has 2 unspecified atom stereocenters. The number of carboxylic acids is 1. The van der Waals surface area contributed by atoms with Crippen molar-refractivity contribution in [2.75, 3.05) is 27.7 Å². The smallest absolute Gasteiger partial charge is 0.306 e. The maximum atomic E-state index is 11.9. The molecule has 2 atom stereocenters. The highest BCUT2D eigenvalue weighted by Gasteiger charge is 2.22. The van der Waals surface area contributed by atoms with E-state index in [9.17, 15) is 19.8 Å². The summed E-state index contributed by atoms with van der Waals surface area (Å²) in [5, 5.41) is 20.7. The Kier molecular flexibility index (Phi) is 11.7. The van der Waals surface area contributed by atoms with Crippen molar-refractivity contribution in [1.82, 2.24) is 0 Å². The minimum Gasteiger partial charge on any atom is -0.550 e. The molecule has 0 aliphatic rings. The summed E-state index contributed by atoms with van der Waals surface area (Å²) >= 11 is 0. The highest BCUT2D eigenvalue weighted by Crippen LogP contribution is 2.12. The van der Waals surface area contributed by atoms with Crippen LogP contribution in [0.1, 0.15) is 64.7 Å². The van der Waals surface area contributed by atoms with E-state index >= 15 is 0 Å². The van der Waals surface area contributed by atoms with Gasteiger partial charge in [-0.15, -0.1) is 0 Å². The lowest BCUT2D eigenvalue weighted by Gasteiger charge is -2.29. The number of ether oxygens (including phenoxy) is 1. The Morgan fingerprint density at radius 2 is 1.71 bits per heavy atom. The summed E-state index contributed by atoms with van der Waals surface area (Å²) in [6, 6.07) is 0. The number of quaternary nitrogens is 1. The van der Waals surface area contributed by atoms with E-state index in [0.29, 0.717) is 23.9 Å². The number of hydrogen-bond acceptors (Lipinski definition) is 5. The van der Waals surface area contributed by atoms with E-state index in [-0.39, 0.29) is 18.9 Å². The average Bonchev–Trinajstić information content (AvgIpc) is 2.40. The first kappa shape index (κ1) is 22.9. The van der Waals surface area contributed by atoms with Crippen LogP contribution in [0, 0.1) is 0 Å². The van der Waals surface area contributed by atoms with Crippen molar-refractivity contribution in [2.24, 2.45) is 0 Å². The van der Waals surface area contributed by atoms with Crippen molar-refractivity contribution in [3.05, 3.63) is 0 Å². The molecule has 0 saturated heterocycles. The van der Waals surface area contributed by atoms with Crippen LogP contribution in [0.15, 0.2) is 0 Å². The third-order valence-corrected chi connectivity index (χ3v) is 3.75. The number of aliphatic hydroxyl groups is 1. The van der Waals surface area contributed by atoms with Gasteiger partial charge in [0.05, 0.1) is 27.2 Å². The molecule has 1 N–H and O–H groups in total. The predicted octanol–water partition coefficient (Wildman–Crippen LogP) is 1.25. The normalized spacial score (nSPS) is 14.2. The van der Waals surface area contributed by atoms with Crippen molar-refractivity contribution in [1.29, 1.82) is 0 Å². The summed E-state index contributed by atoms with van der Waals surface area (Å²) in [5.41, 5.74) is 0. The number of esters is 1. The zero-order valence-corrected chi connectivity index (χ0v) is 15.8. The first-order chi connectivity index (χ1) is 11.1. The monoisotopic (exact) mass is 345 g/mol. The van der Waals surface area contributed by atoms with Crippen LogP contribution in [-0.2, 0) is 14.3 Å². The van der Waals surface area contributed by atoms with Crippen molar-refractivity contribution < 1.29 is 29.0 Å². The maximum absolute atomic E-state index is 11.9. The largest absolute Gasteiger partial charge is 0.550 e. The minimum atomic E-state index is -1.22. The van der Waals surface area contributed by atoms with Crippen molar-refractivity contribution >= 4 is 11.9 Å². The fourth-order valence-electron chi connectivity index (χ4n) is 2.62. The second kappa shape index (κ2) is 12.3. The van der Waals surface area contributed by atoms with Crippen LogP contribution in [0.3, 0.4) is 0 Å². The molecule has 24 heavy (non-hydrogen) atoms. The lowest BCUT2D eigenvalue weighted by atomic mass is 10.0. The Morgan fingerprint density at radius 3 is 2.25 bits per heavy atom. The van der Waals surface area contributed by atoms with Gasteiger partial charge < -0.3 is 24.2 Å². The van der Waals surface area contributed by atoms with E-state index in [1.54, 1.807) is 0 Å². The molecule has 6 nitrogen and oxygen atoms in total. The van der Waals surface area contributed by atoms with Crippen LogP contribution < -0.4 is 5.11 Å². The zero-order valence-electron chi connectivity index (χ0n) is 15.8. The number of unbranched alkanes of at least 4 members (excludes halogenated alkanes) is 3. The molecule has 0 aromatic carbocycles. The quantitative estimate of drug-likeness (QED) is 0.291. The number of likely N-dealkylation sites (N-methyl/N-ethyl adjacent to an activating group) is 1. The highest BCUT2D eigenvalue weighted by atomic mass is 16.5. The number of aliphatic hydroxyl groups excluding tert-OH is 1. The molecule has 0 amide bonds. The number of hydrogen-bond donors (Lipinski definition) is 1. The fraction of sp³-hybridized carbons (Fsp3) is 0.889. The Labute approximate surface area is 146 Å². The maximum Gasteiger partial charge on any atom is 0.306 e. The summed E-state index contributed by atoms with van der Waals surface area (Å²) < 4.78 is 5.78. The molecule has 0 saturated carbocycles. The average molecular weight is 345 g/mol. The third kappa shape index (κ3) is 14.5. The molecule has 0 bridgehead atoms. The Hall–Kier alpha value is -1.14. The van der Waals surface area contributed by atoms with Gasteiger partial charge in [0.2, 0.25) is 0 Å². The first-order valence-electron chi connectivity index (χ1n) is 9.02. The number of nitrogens with zero attached hydrogens (tertiary/aromatic N) is 1.